The Kier molecular flexibility index (Phi) is 2.40. The summed E-state index contributed by atoms with van der Waals surface area (Å²) in [7, 11) is 0. The first-order chi connectivity index (χ1) is 7.83. The van der Waals surface area contributed by atoms with Crippen LogP contribution in [0.25, 0.3) is 11.1 Å². The van der Waals surface area contributed by atoms with Crippen molar-refractivity contribution in [3.63, 3.8) is 0 Å². The number of nitrogens with zero attached hydrogens (tertiary/aromatic N) is 1. The smallest absolute Gasteiger partial charge is 0.213 e. The van der Waals surface area contributed by atoms with E-state index in [4.69, 9.17) is 0 Å². The maximum Gasteiger partial charge on any atom is 0.213 e. The van der Waals surface area contributed by atoms with E-state index in [9.17, 15) is 4.39 Å². The summed E-state index contributed by atoms with van der Waals surface area (Å²) in [6.45, 7) is 0. The van der Waals surface area contributed by atoms with Gasteiger partial charge in [-0.15, -0.1) is 11.8 Å². The van der Waals surface area contributed by atoms with Gasteiger partial charge in [0.15, 0.2) is 0 Å². The predicted octanol–water partition coefficient (Wildman–Crippen LogP) is 3.54. The number of aromatic nitrogens is 1. The summed E-state index contributed by atoms with van der Waals surface area (Å²) in [6, 6.07) is 9.65. The van der Waals surface area contributed by atoms with Gasteiger partial charge in [0.05, 0.1) is 0 Å². The van der Waals surface area contributed by atoms with Crippen molar-refractivity contribution in [2.45, 2.75) is 11.3 Å². The maximum absolute atomic E-state index is 13.0. The highest BCUT2D eigenvalue weighted by Crippen LogP contribution is 2.34. The van der Waals surface area contributed by atoms with Gasteiger partial charge in [-0.05, 0) is 35.2 Å². The molecule has 80 valence electrons. The second-order valence-corrected chi connectivity index (χ2v) is 4.92. The minimum atomic E-state index is -0.424. The molecule has 1 aromatic carbocycles. The van der Waals surface area contributed by atoms with Gasteiger partial charge in [-0.2, -0.15) is 4.39 Å². The third-order valence-corrected chi connectivity index (χ3v) is 3.87. The Morgan fingerprint density at radius 1 is 1.12 bits per heavy atom. The number of aryl methyl sites for hydroxylation is 1. The molecular formula is C13H10FNS. The molecule has 0 bridgehead atoms. The van der Waals surface area contributed by atoms with Crippen LogP contribution in [-0.4, -0.2) is 10.7 Å². The molecule has 1 aromatic heterocycles. The number of hydrogen-bond donors (Lipinski definition) is 0. The summed E-state index contributed by atoms with van der Waals surface area (Å²) >= 11 is 1.89. The highest BCUT2D eigenvalue weighted by Gasteiger charge is 2.12. The van der Waals surface area contributed by atoms with Gasteiger partial charge in [0.25, 0.3) is 0 Å². The zero-order chi connectivity index (χ0) is 11.0. The first-order valence-corrected chi connectivity index (χ1v) is 6.19. The molecule has 16 heavy (non-hydrogen) atoms. The molecule has 1 aliphatic heterocycles. The van der Waals surface area contributed by atoms with Crippen LogP contribution in [0.5, 0.6) is 0 Å². The van der Waals surface area contributed by atoms with Gasteiger partial charge in [-0.1, -0.05) is 12.1 Å². The van der Waals surface area contributed by atoms with E-state index in [-0.39, 0.29) is 0 Å². The molecule has 0 saturated heterocycles. The van der Waals surface area contributed by atoms with Crippen molar-refractivity contribution >= 4 is 11.8 Å². The topological polar surface area (TPSA) is 12.9 Å². The number of thioether (sulfide) groups is 1. The van der Waals surface area contributed by atoms with Gasteiger partial charge in [-0.3, -0.25) is 0 Å². The SMILES string of the molecule is Fc1cc(-c2ccc3c(c2)CCS3)ccn1. The second-order valence-electron chi connectivity index (χ2n) is 3.79. The van der Waals surface area contributed by atoms with Crippen molar-refractivity contribution < 1.29 is 4.39 Å². The Balaban J connectivity index is 2.07. The van der Waals surface area contributed by atoms with Crippen molar-refractivity contribution in [1.29, 1.82) is 0 Å². The van der Waals surface area contributed by atoms with Gasteiger partial charge in [0.2, 0.25) is 5.95 Å². The lowest BCUT2D eigenvalue weighted by Crippen LogP contribution is -1.86. The summed E-state index contributed by atoms with van der Waals surface area (Å²) < 4.78 is 13.0. The number of halogens is 1. The number of rotatable bonds is 1. The van der Waals surface area contributed by atoms with Crippen LogP contribution in [0, 0.1) is 5.95 Å². The average Bonchev–Trinajstić information content (AvgIpc) is 2.75. The number of pyridine rings is 1. The summed E-state index contributed by atoms with van der Waals surface area (Å²) in [5.74, 6) is 0.733. The third-order valence-electron chi connectivity index (χ3n) is 2.75. The van der Waals surface area contributed by atoms with Crippen LogP contribution in [0.1, 0.15) is 5.56 Å². The standard InChI is InChI=1S/C13H10FNS/c14-13-8-10(3-5-15-13)9-1-2-12-11(7-9)4-6-16-12/h1-3,5,7-8H,4,6H2. The quantitative estimate of drug-likeness (QED) is 0.696. The Labute approximate surface area is 97.7 Å². The molecule has 3 rings (SSSR count). The molecule has 0 aliphatic carbocycles. The molecule has 0 atom stereocenters. The Bertz CT molecular complexity index is 539. The largest absolute Gasteiger partial charge is 0.228 e. The zero-order valence-corrected chi connectivity index (χ0v) is 9.43. The van der Waals surface area contributed by atoms with E-state index < -0.39 is 5.95 Å². The molecule has 1 aliphatic rings. The van der Waals surface area contributed by atoms with E-state index in [1.165, 1.54) is 22.7 Å². The molecule has 1 nitrogen and oxygen atoms in total. The van der Waals surface area contributed by atoms with E-state index in [1.54, 1.807) is 0 Å². The van der Waals surface area contributed by atoms with Gasteiger partial charge in [0, 0.05) is 22.9 Å². The van der Waals surface area contributed by atoms with Crippen LogP contribution in [0.3, 0.4) is 0 Å². The van der Waals surface area contributed by atoms with Crippen LogP contribution >= 0.6 is 11.8 Å². The molecule has 3 heteroatoms. The van der Waals surface area contributed by atoms with Gasteiger partial charge < -0.3 is 0 Å². The fourth-order valence-corrected chi connectivity index (χ4v) is 3.00. The summed E-state index contributed by atoms with van der Waals surface area (Å²) in [4.78, 5) is 4.93. The van der Waals surface area contributed by atoms with Crippen molar-refractivity contribution in [3.8, 4) is 11.1 Å². The molecule has 0 N–H and O–H groups in total. The molecular weight excluding hydrogens is 221 g/mol. The van der Waals surface area contributed by atoms with Crippen LogP contribution in [-0.2, 0) is 6.42 Å². The second kappa shape index (κ2) is 3.91. The first-order valence-electron chi connectivity index (χ1n) is 5.20. The van der Waals surface area contributed by atoms with Gasteiger partial charge in [-0.25, -0.2) is 4.98 Å². The monoisotopic (exact) mass is 231 g/mol. The lowest BCUT2D eigenvalue weighted by Gasteiger charge is -2.04. The third kappa shape index (κ3) is 1.71. The normalized spacial score (nSPS) is 13.8. The van der Waals surface area contributed by atoms with E-state index in [1.807, 2.05) is 23.9 Å². The highest BCUT2D eigenvalue weighted by atomic mass is 32.2. The maximum atomic E-state index is 13.0. The predicted molar refractivity (Wildman–Crippen MR) is 64.1 cm³/mol. The Hall–Kier alpha value is -1.35. The van der Waals surface area contributed by atoms with Crippen LogP contribution in [0.4, 0.5) is 4.39 Å². The van der Waals surface area contributed by atoms with E-state index in [0.29, 0.717) is 0 Å². The van der Waals surface area contributed by atoms with E-state index >= 15 is 0 Å². The Morgan fingerprint density at radius 2 is 2.00 bits per heavy atom. The summed E-state index contributed by atoms with van der Waals surface area (Å²) in [5.41, 5.74) is 3.34. The fraction of sp³-hybridized carbons (Fsp3) is 0.154. The molecule has 0 fully saturated rings. The van der Waals surface area contributed by atoms with Crippen LogP contribution in [0.15, 0.2) is 41.4 Å². The van der Waals surface area contributed by atoms with Crippen molar-refractivity contribution in [3.05, 3.63) is 48.0 Å². The number of fused-ring (bicyclic) bond motifs is 1. The molecule has 2 heterocycles. The van der Waals surface area contributed by atoms with Crippen LogP contribution < -0.4 is 0 Å². The summed E-state index contributed by atoms with van der Waals surface area (Å²) in [5, 5.41) is 0. The van der Waals surface area contributed by atoms with Crippen molar-refractivity contribution in [2.75, 3.05) is 5.75 Å². The molecule has 0 saturated carbocycles. The van der Waals surface area contributed by atoms with E-state index in [0.717, 1.165) is 23.3 Å². The lowest BCUT2D eigenvalue weighted by atomic mass is 10.0. The number of hydrogen-bond acceptors (Lipinski definition) is 2. The molecule has 0 amide bonds. The average molecular weight is 231 g/mol. The van der Waals surface area contributed by atoms with Crippen molar-refractivity contribution in [2.24, 2.45) is 0 Å². The minimum Gasteiger partial charge on any atom is -0.228 e. The van der Waals surface area contributed by atoms with Gasteiger partial charge >= 0.3 is 0 Å². The molecule has 0 spiro atoms. The zero-order valence-electron chi connectivity index (χ0n) is 8.61. The first kappa shape index (κ1) is 9.85. The molecule has 2 aromatic rings. The van der Waals surface area contributed by atoms with Gasteiger partial charge in [0.1, 0.15) is 0 Å². The molecule has 0 unspecified atom stereocenters. The fourth-order valence-electron chi connectivity index (χ4n) is 1.95. The Morgan fingerprint density at radius 3 is 2.88 bits per heavy atom. The van der Waals surface area contributed by atoms with E-state index in [2.05, 4.69) is 17.1 Å². The van der Waals surface area contributed by atoms with Crippen molar-refractivity contribution in [1.82, 2.24) is 4.98 Å². The number of benzene rings is 1. The summed E-state index contributed by atoms with van der Waals surface area (Å²) in [6.07, 6.45) is 2.62. The van der Waals surface area contributed by atoms with Crippen LogP contribution in [0.2, 0.25) is 0 Å². The molecule has 0 radical (unpaired) electrons. The minimum absolute atomic E-state index is 0.424. The highest BCUT2D eigenvalue weighted by molar-refractivity contribution is 7.99. The lowest BCUT2D eigenvalue weighted by molar-refractivity contribution is 0.584.